The van der Waals surface area contributed by atoms with E-state index in [1.165, 1.54) is 6.07 Å². The Morgan fingerprint density at radius 2 is 1.93 bits per heavy atom. The van der Waals surface area contributed by atoms with E-state index in [2.05, 4.69) is 5.32 Å². The number of halogens is 3. The van der Waals surface area contributed by atoms with Gasteiger partial charge in [0.1, 0.15) is 11.6 Å². The molecule has 0 aromatic heterocycles. The predicted octanol–water partition coefficient (Wildman–Crippen LogP) is 3.97. The van der Waals surface area contributed by atoms with Gasteiger partial charge in [-0.15, -0.1) is 0 Å². The SMILES string of the molecule is Cc1cccc(C(=O)NC2(C(=O)O)Cc3cc(F)ccc3C2(F)F)c1OC1CCC1. The van der Waals surface area contributed by atoms with Gasteiger partial charge in [0.15, 0.2) is 0 Å². The molecule has 30 heavy (non-hydrogen) atoms. The van der Waals surface area contributed by atoms with Crippen LogP contribution in [0.5, 0.6) is 5.75 Å². The van der Waals surface area contributed by atoms with Crippen LogP contribution in [0.15, 0.2) is 36.4 Å². The number of para-hydroxylation sites is 1. The molecule has 4 rings (SSSR count). The number of carboxylic acids is 1. The molecule has 2 aliphatic carbocycles. The molecule has 1 atom stereocenters. The first kappa shape index (κ1) is 20.3. The van der Waals surface area contributed by atoms with Crippen LogP contribution in [-0.2, 0) is 17.1 Å². The van der Waals surface area contributed by atoms with Gasteiger partial charge in [0, 0.05) is 12.0 Å². The minimum absolute atomic E-state index is 0.0135. The lowest BCUT2D eigenvalue weighted by molar-refractivity contribution is -0.163. The summed E-state index contributed by atoms with van der Waals surface area (Å²) in [5.41, 5.74) is -3.07. The lowest BCUT2D eigenvalue weighted by Crippen LogP contribution is -2.62. The number of rotatable bonds is 5. The Hall–Kier alpha value is -3.03. The van der Waals surface area contributed by atoms with Crippen LogP contribution in [-0.4, -0.2) is 28.6 Å². The van der Waals surface area contributed by atoms with Crippen molar-refractivity contribution in [2.75, 3.05) is 0 Å². The van der Waals surface area contributed by atoms with Crippen LogP contribution in [0, 0.1) is 12.7 Å². The molecule has 0 saturated heterocycles. The van der Waals surface area contributed by atoms with Crippen LogP contribution in [0.4, 0.5) is 13.2 Å². The van der Waals surface area contributed by atoms with Crippen molar-refractivity contribution in [3.05, 3.63) is 64.5 Å². The summed E-state index contributed by atoms with van der Waals surface area (Å²) < 4.78 is 49.9. The number of aliphatic carboxylic acids is 1. The van der Waals surface area contributed by atoms with Crippen molar-refractivity contribution in [1.29, 1.82) is 0 Å². The normalized spacial score (nSPS) is 22.1. The van der Waals surface area contributed by atoms with Crippen molar-refractivity contribution < 1.29 is 32.6 Å². The molecule has 158 valence electrons. The summed E-state index contributed by atoms with van der Waals surface area (Å²) in [7, 11) is 0. The van der Waals surface area contributed by atoms with Crippen molar-refractivity contribution in [1.82, 2.24) is 5.32 Å². The number of carbonyl (C=O) groups is 2. The number of alkyl halides is 2. The highest BCUT2D eigenvalue weighted by Crippen LogP contribution is 2.49. The average Bonchev–Trinajstić information content (AvgIpc) is 2.85. The van der Waals surface area contributed by atoms with Crippen molar-refractivity contribution in [3.8, 4) is 5.75 Å². The van der Waals surface area contributed by atoms with E-state index in [1.807, 2.05) is 0 Å². The van der Waals surface area contributed by atoms with Crippen LogP contribution in [0.2, 0.25) is 0 Å². The number of benzene rings is 2. The quantitative estimate of drug-likeness (QED) is 0.769. The number of hydrogen-bond donors (Lipinski definition) is 2. The fraction of sp³-hybridized carbons (Fsp3) is 0.364. The first-order valence-electron chi connectivity index (χ1n) is 9.64. The van der Waals surface area contributed by atoms with Gasteiger partial charge < -0.3 is 15.2 Å². The molecule has 5 nitrogen and oxygen atoms in total. The first-order valence-corrected chi connectivity index (χ1v) is 9.64. The second kappa shape index (κ2) is 7.04. The van der Waals surface area contributed by atoms with Crippen LogP contribution < -0.4 is 10.1 Å². The molecule has 1 fully saturated rings. The van der Waals surface area contributed by atoms with Crippen molar-refractivity contribution in [2.24, 2.45) is 0 Å². The lowest BCUT2D eigenvalue weighted by atomic mass is 9.91. The highest BCUT2D eigenvalue weighted by molar-refractivity contribution is 6.01. The van der Waals surface area contributed by atoms with Gasteiger partial charge in [-0.2, -0.15) is 8.78 Å². The van der Waals surface area contributed by atoms with Gasteiger partial charge in [-0.3, -0.25) is 4.79 Å². The summed E-state index contributed by atoms with van der Waals surface area (Å²) in [4.78, 5) is 25.0. The van der Waals surface area contributed by atoms with E-state index in [9.17, 15) is 19.1 Å². The van der Waals surface area contributed by atoms with Gasteiger partial charge in [-0.1, -0.05) is 12.1 Å². The zero-order valence-corrected chi connectivity index (χ0v) is 16.2. The molecule has 1 saturated carbocycles. The van der Waals surface area contributed by atoms with Gasteiger partial charge in [0.25, 0.3) is 5.91 Å². The molecule has 2 aromatic rings. The Labute approximate surface area is 170 Å². The van der Waals surface area contributed by atoms with Crippen molar-refractivity contribution >= 4 is 11.9 Å². The van der Waals surface area contributed by atoms with Crippen LogP contribution in [0.1, 0.15) is 46.3 Å². The third-order valence-electron chi connectivity index (χ3n) is 5.88. The van der Waals surface area contributed by atoms with E-state index in [1.54, 1.807) is 19.1 Å². The first-order chi connectivity index (χ1) is 14.2. The number of amides is 1. The number of hydrogen-bond acceptors (Lipinski definition) is 3. The Morgan fingerprint density at radius 3 is 2.57 bits per heavy atom. The number of carbonyl (C=O) groups excluding carboxylic acids is 1. The maximum atomic E-state index is 15.2. The summed E-state index contributed by atoms with van der Waals surface area (Å²) in [6, 6.07) is 7.28. The molecule has 0 radical (unpaired) electrons. The average molecular weight is 419 g/mol. The molecule has 1 amide bonds. The van der Waals surface area contributed by atoms with Crippen LogP contribution in [0.3, 0.4) is 0 Å². The smallest absolute Gasteiger partial charge is 0.336 e. The standard InChI is InChI=1S/C22H20F3NO4/c1-12-4-2-7-16(18(12)30-15-5-3-6-15)19(27)26-21(20(28)29)11-13-10-14(23)8-9-17(13)22(21,24)25/h2,4,7-10,15H,3,5-6,11H2,1H3,(H,26,27)(H,28,29). The summed E-state index contributed by atoms with van der Waals surface area (Å²) in [6.07, 6.45) is 1.85. The molecule has 0 bridgehead atoms. The van der Waals surface area contributed by atoms with E-state index in [4.69, 9.17) is 4.74 Å². The number of nitrogens with one attached hydrogen (secondary N) is 1. The molecule has 0 aliphatic heterocycles. The monoisotopic (exact) mass is 419 g/mol. The number of aryl methyl sites for hydroxylation is 1. The molecular weight excluding hydrogens is 399 g/mol. The van der Waals surface area contributed by atoms with Gasteiger partial charge in [0.2, 0.25) is 5.54 Å². The second-order valence-electron chi connectivity index (χ2n) is 7.84. The Kier molecular flexibility index (Phi) is 4.75. The van der Waals surface area contributed by atoms with E-state index in [-0.39, 0.29) is 23.0 Å². The third kappa shape index (κ3) is 3.02. The van der Waals surface area contributed by atoms with Gasteiger partial charge >= 0.3 is 11.9 Å². The molecule has 2 N–H and O–H groups in total. The van der Waals surface area contributed by atoms with Crippen molar-refractivity contribution in [3.63, 3.8) is 0 Å². The predicted molar refractivity (Wildman–Crippen MR) is 101 cm³/mol. The van der Waals surface area contributed by atoms with Crippen LogP contribution >= 0.6 is 0 Å². The highest BCUT2D eigenvalue weighted by Gasteiger charge is 2.66. The third-order valence-corrected chi connectivity index (χ3v) is 5.88. The van der Waals surface area contributed by atoms with Gasteiger partial charge in [0.05, 0.1) is 11.7 Å². The molecule has 0 heterocycles. The number of carboxylic acid groups (broad SMARTS) is 1. The summed E-state index contributed by atoms with van der Waals surface area (Å²) in [5.74, 6) is -7.32. The summed E-state index contributed by atoms with van der Waals surface area (Å²) >= 11 is 0. The number of fused-ring (bicyclic) bond motifs is 1. The zero-order chi connectivity index (χ0) is 21.7. The lowest BCUT2D eigenvalue weighted by Gasteiger charge is -2.33. The highest BCUT2D eigenvalue weighted by atomic mass is 19.3. The van der Waals surface area contributed by atoms with E-state index >= 15 is 8.78 Å². The molecule has 8 heteroatoms. The summed E-state index contributed by atoms with van der Waals surface area (Å²) in [6.45, 7) is 1.72. The molecule has 2 aliphatic rings. The maximum absolute atomic E-state index is 15.2. The zero-order valence-electron chi connectivity index (χ0n) is 16.2. The summed E-state index contributed by atoms with van der Waals surface area (Å²) in [5, 5.41) is 11.8. The molecule has 1 unspecified atom stereocenters. The molecule has 0 spiro atoms. The fourth-order valence-corrected chi connectivity index (χ4v) is 3.93. The maximum Gasteiger partial charge on any atom is 0.336 e. The Morgan fingerprint density at radius 1 is 1.20 bits per heavy atom. The number of ether oxygens (including phenoxy) is 1. The molecule has 2 aromatic carbocycles. The topological polar surface area (TPSA) is 75.6 Å². The molecular formula is C22H20F3NO4. The van der Waals surface area contributed by atoms with E-state index < -0.39 is 41.1 Å². The largest absolute Gasteiger partial charge is 0.489 e. The van der Waals surface area contributed by atoms with E-state index in [0.717, 1.165) is 37.5 Å². The van der Waals surface area contributed by atoms with Crippen LogP contribution in [0.25, 0.3) is 0 Å². The van der Waals surface area contributed by atoms with Crippen molar-refractivity contribution in [2.45, 2.75) is 50.2 Å². The Bertz CT molecular complexity index is 1040. The second-order valence-corrected chi connectivity index (χ2v) is 7.84. The fourth-order valence-electron chi connectivity index (χ4n) is 3.93. The van der Waals surface area contributed by atoms with E-state index in [0.29, 0.717) is 5.56 Å². The minimum Gasteiger partial charge on any atom is -0.489 e. The Balaban J connectivity index is 1.71. The van der Waals surface area contributed by atoms with Gasteiger partial charge in [-0.25, -0.2) is 9.18 Å². The minimum atomic E-state index is -3.93. The van der Waals surface area contributed by atoms with Gasteiger partial charge in [-0.05, 0) is 61.6 Å².